The standard InChI is InChI=1S/C14H18FNO/c1-10-4-7-13(15)12(9-10)14(17)16-8-2-3-11-5-6-11/h4,7,9,11H,2-3,5-6,8H2,1H3,(H,16,17). The molecule has 3 heteroatoms. The lowest BCUT2D eigenvalue weighted by Crippen LogP contribution is -2.25. The van der Waals surface area contributed by atoms with Crippen molar-refractivity contribution < 1.29 is 9.18 Å². The summed E-state index contributed by atoms with van der Waals surface area (Å²) in [4.78, 5) is 11.7. The van der Waals surface area contributed by atoms with E-state index in [4.69, 9.17) is 0 Å². The lowest BCUT2D eigenvalue weighted by Gasteiger charge is -2.06. The van der Waals surface area contributed by atoms with Gasteiger partial charge in [-0.15, -0.1) is 0 Å². The summed E-state index contributed by atoms with van der Waals surface area (Å²) in [6, 6.07) is 4.60. The molecule has 0 aliphatic heterocycles. The minimum absolute atomic E-state index is 0.149. The lowest BCUT2D eigenvalue weighted by atomic mass is 10.1. The van der Waals surface area contributed by atoms with Crippen LogP contribution in [0.4, 0.5) is 4.39 Å². The zero-order valence-corrected chi connectivity index (χ0v) is 10.1. The Morgan fingerprint density at radius 2 is 2.24 bits per heavy atom. The van der Waals surface area contributed by atoms with E-state index in [-0.39, 0.29) is 11.5 Å². The molecule has 0 unspecified atom stereocenters. The molecule has 17 heavy (non-hydrogen) atoms. The molecular formula is C14H18FNO. The molecule has 1 aliphatic carbocycles. The van der Waals surface area contributed by atoms with Gasteiger partial charge in [0.1, 0.15) is 5.82 Å². The van der Waals surface area contributed by atoms with Crippen LogP contribution in [-0.4, -0.2) is 12.5 Å². The van der Waals surface area contributed by atoms with E-state index in [1.165, 1.54) is 25.3 Å². The van der Waals surface area contributed by atoms with Gasteiger partial charge < -0.3 is 5.32 Å². The first-order valence-corrected chi connectivity index (χ1v) is 6.21. The minimum Gasteiger partial charge on any atom is -0.352 e. The molecule has 1 N–H and O–H groups in total. The van der Waals surface area contributed by atoms with E-state index in [9.17, 15) is 9.18 Å². The Balaban J connectivity index is 1.82. The van der Waals surface area contributed by atoms with E-state index in [2.05, 4.69) is 5.32 Å². The SMILES string of the molecule is Cc1ccc(F)c(C(=O)NCCCC2CC2)c1. The fourth-order valence-corrected chi connectivity index (χ4v) is 1.91. The Morgan fingerprint density at radius 1 is 1.47 bits per heavy atom. The maximum atomic E-state index is 13.4. The van der Waals surface area contributed by atoms with Crippen LogP contribution >= 0.6 is 0 Å². The highest BCUT2D eigenvalue weighted by molar-refractivity contribution is 5.94. The van der Waals surface area contributed by atoms with Crippen LogP contribution < -0.4 is 5.32 Å². The molecule has 0 bridgehead atoms. The smallest absolute Gasteiger partial charge is 0.254 e. The summed E-state index contributed by atoms with van der Waals surface area (Å²) in [7, 11) is 0. The van der Waals surface area contributed by atoms with Crippen molar-refractivity contribution >= 4 is 5.91 Å². The van der Waals surface area contributed by atoms with Gasteiger partial charge >= 0.3 is 0 Å². The molecule has 1 aromatic carbocycles. The highest BCUT2D eigenvalue weighted by atomic mass is 19.1. The zero-order chi connectivity index (χ0) is 12.3. The summed E-state index contributed by atoms with van der Waals surface area (Å²) >= 11 is 0. The third-order valence-electron chi connectivity index (χ3n) is 3.14. The molecule has 0 atom stereocenters. The molecule has 2 nitrogen and oxygen atoms in total. The first-order valence-electron chi connectivity index (χ1n) is 6.21. The van der Waals surface area contributed by atoms with Crippen LogP contribution in [0.2, 0.25) is 0 Å². The number of carbonyl (C=O) groups excluding carboxylic acids is 1. The predicted molar refractivity (Wildman–Crippen MR) is 65.4 cm³/mol. The van der Waals surface area contributed by atoms with E-state index in [1.807, 2.05) is 6.92 Å². The van der Waals surface area contributed by atoms with Crippen molar-refractivity contribution in [1.82, 2.24) is 5.32 Å². The van der Waals surface area contributed by atoms with Gasteiger partial charge in [0.25, 0.3) is 5.91 Å². The van der Waals surface area contributed by atoms with Crippen molar-refractivity contribution in [2.24, 2.45) is 5.92 Å². The molecule has 2 rings (SSSR count). The zero-order valence-electron chi connectivity index (χ0n) is 10.1. The summed E-state index contributed by atoms with van der Waals surface area (Å²) in [6.07, 6.45) is 4.83. The van der Waals surface area contributed by atoms with Crippen molar-refractivity contribution in [3.8, 4) is 0 Å². The summed E-state index contributed by atoms with van der Waals surface area (Å²) in [5.74, 6) is 0.125. The van der Waals surface area contributed by atoms with Crippen molar-refractivity contribution in [3.63, 3.8) is 0 Å². The van der Waals surface area contributed by atoms with Gasteiger partial charge in [-0.1, -0.05) is 24.5 Å². The lowest BCUT2D eigenvalue weighted by molar-refractivity contribution is 0.0948. The predicted octanol–water partition coefficient (Wildman–Crippen LogP) is 3.05. The second-order valence-corrected chi connectivity index (χ2v) is 4.82. The van der Waals surface area contributed by atoms with E-state index >= 15 is 0 Å². The first-order chi connectivity index (χ1) is 8.16. The third-order valence-corrected chi connectivity index (χ3v) is 3.14. The van der Waals surface area contributed by atoms with Crippen LogP contribution in [0, 0.1) is 18.7 Å². The molecule has 0 aromatic heterocycles. The molecule has 1 aromatic rings. The number of hydrogen-bond donors (Lipinski definition) is 1. The van der Waals surface area contributed by atoms with E-state index in [1.54, 1.807) is 12.1 Å². The van der Waals surface area contributed by atoms with Crippen molar-refractivity contribution in [3.05, 3.63) is 35.1 Å². The maximum absolute atomic E-state index is 13.4. The number of carbonyl (C=O) groups is 1. The number of amides is 1. The molecule has 1 aliphatic rings. The Labute approximate surface area is 101 Å². The molecule has 1 amide bonds. The summed E-state index contributed by atoms with van der Waals surface area (Å²) in [5.41, 5.74) is 1.05. The van der Waals surface area contributed by atoms with Crippen LogP contribution in [-0.2, 0) is 0 Å². The number of nitrogens with one attached hydrogen (secondary N) is 1. The highest BCUT2D eigenvalue weighted by Crippen LogP contribution is 2.33. The normalized spacial score (nSPS) is 14.7. The van der Waals surface area contributed by atoms with Crippen LogP contribution in [0.15, 0.2) is 18.2 Å². The van der Waals surface area contributed by atoms with Crippen LogP contribution in [0.5, 0.6) is 0 Å². The fourth-order valence-electron chi connectivity index (χ4n) is 1.91. The highest BCUT2D eigenvalue weighted by Gasteiger charge is 2.20. The molecular weight excluding hydrogens is 217 g/mol. The van der Waals surface area contributed by atoms with E-state index in [0.29, 0.717) is 6.54 Å². The Hall–Kier alpha value is -1.38. The monoisotopic (exact) mass is 235 g/mol. The molecule has 0 spiro atoms. The number of aryl methyl sites for hydroxylation is 1. The average Bonchev–Trinajstić information content (AvgIpc) is 3.11. The summed E-state index contributed by atoms with van der Waals surface area (Å²) in [6.45, 7) is 2.49. The average molecular weight is 235 g/mol. The molecule has 92 valence electrons. The molecule has 0 saturated heterocycles. The molecule has 1 fully saturated rings. The summed E-state index contributed by atoms with van der Waals surface area (Å²) in [5, 5.41) is 2.77. The van der Waals surface area contributed by atoms with Crippen molar-refractivity contribution in [1.29, 1.82) is 0 Å². The van der Waals surface area contributed by atoms with Crippen LogP contribution in [0.1, 0.15) is 41.6 Å². The Morgan fingerprint density at radius 3 is 2.94 bits per heavy atom. The van der Waals surface area contributed by atoms with Gasteiger partial charge in [0.05, 0.1) is 5.56 Å². The van der Waals surface area contributed by atoms with Gasteiger partial charge in [0.15, 0.2) is 0 Å². The minimum atomic E-state index is -0.449. The number of hydrogen-bond acceptors (Lipinski definition) is 1. The van der Waals surface area contributed by atoms with Crippen molar-refractivity contribution in [2.75, 3.05) is 6.54 Å². The van der Waals surface area contributed by atoms with Gasteiger partial charge in [-0.2, -0.15) is 0 Å². The van der Waals surface area contributed by atoms with Gasteiger partial charge in [0, 0.05) is 6.54 Å². The maximum Gasteiger partial charge on any atom is 0.254 e. The number of benzene rings is 1. The number of halogens is 1. The first kappa shape index (κ1) is 12.1. The Kier molecular flexibility index (Phi) is 3.77. The largest absolute Gasteiger partial charge is 0.352 e. The van der Waals surface area contributed by atoms with E-state index < -0.39 is 5.82 Å². The second-order valence-electron chi connectivity index (χ2n) is 4.82. The quantitative estimate of drug-likeness (QED) is 0.781. The molecule has 1 saturated carbocycles. The van der Waals surface area contributed by atoms with Crippen LogP contribution in [0.3, 0.4) is 0 Å². The van der Waals surface area contributed by atoms with Gasteiger partial charge in [-0.25, -0.2) is 4.39 Å². The number of rotatable bonds is 5. The molecule has 0 radical (unpaired) electrons. The summed E-state index contributed by atoms with van der Waals surface area (Å²) < 4.78 is 13.4. The van der Waals surface area contributed by atoms with E-state index in [0.717, 1.165) is 17.9 Å². The third kappa shape index (κ3) is 3.55. The van der Waals surface area contributed by atoms with Gasteiger partial charge in [0.2, 0.25) is 0 Å². The second kappa shape index (κ2) is 5.30. The Bertz CT molecular complexity index is 413. The topological polar surface area (TPSA) is 29.1 Å². The fraction of sp³-hybridized carbons (Fsp3) is 0.500. The van der Waals surface area contributed by atoms with Gasteiger partial charge in [-0.3, -0.25) is 4.79 Å². The van der Waals surface area contributed by atoms with Crippen LogP contribution in [0.25, 0.3) is 0 Å². The molecule has 0 heterocycles. The van der Waals surface area contributed by atoms with Gasteiger partial charge in [-0.05, 0) is 37.8 Å². The van der Waals surface area contributed by atoms with Crippen molar-refractivity contribution in [2.45, 2.75) is 32.6 Å².